The molecule has 0 bridgehead atoms. The van der Waals surface area contributed by atoms with Crippen LogP contribution in [0.5, 0.6) is 5.75 Å². The van der Waals surface area contributed by atoms with E-state index in [-0.39, 0.29) is 52.0 Å². The van der Waals surface area contributed by atoms with Gasteiger partial charge in [-0.1, -0.05) is 63.8 Å². The number of nitrogens with two attached hydrogens (primary N) is 1. The number of carbonyl (C=O) groups excluding carboxylic acids is 1. The van der Waals surface area contributed by atoms with Crippen LogP contribution in [0.3, 0.4) is 0 Å². The van der Waals surface area contributed by atoms with Gasteiger partial charge in [-0.05, 0) is 42.8 Å². The van der Waals surface area contributed by atoms with E-state index in [1.54, 1.807) is 13.0 Å². The molecule has 0 spiro atoms. The second-order valence-corrected chi connectivity index (χ2v) is 20.9. The molecule has 266 valence electrons. The van der Waals surface area contributed by atoms with Gasteiger partial charge in [0.2, 0.25) is 0 Å². The highest BCUT2D eigenvalue weighted by Gasteiger charge is 2.29. The first-order valence-electron chi connectivity index (χ1n) is 15.3. The van der Waals surface area contributed by atoms with Crippen LogP contribution in [-0.4, -0.2) is 49.7 Å². The van der Waals surface area contributed by atoms with Crippen molar-refractivity contribution in [3.05, 3.63) is 71.2 Å². The molecule has 17 heteroatoms. The fourth-order valence-corrected chi connectivity index (χ4v) is 5.82. The average Bonchev–Trinajstić information content (AvgIpc) is 3.61. The molecule has 2 aromatic carbocycles. The highest BCUT2D eigenvalue weighted by atomic mass is 32.2. The van der Waals surface area contributed by atoms with E-state index in [1.165, 1.54) is 47.1 Å². The van der Waals surface area contributed by atoms with Crippen LogP contribution in [0, 0.1) is 5.82 Å². The Balaban J connectivity index is 1.83. The van der Waals surface area contributed by atoms with Gasteiger partial charge in [0.05, 0.1) is 5.69 Å². The van der Waals surface area contributed by atoms with Gasteiger partial charge in [0.1, 0.15) is 47.2 Å². The first-order chi connectivity index (χ1) is 22.7. The van der Waals surface area contributed by atoms with E-state index in [0.717, 1.165) is 6.04 Å². The van der Waals surface area contributed by atoms with Crippen molar-refractivity contribution in [3.63, 3.8) is 0 Å². The number of anilines is 3. The second kappa shape index (κ2) is 14.6. The topological polar surface area (TPSA) is 164 Å². The number of primary amides is 1. The predicted octanol–water partition coefficient (Wildman–Crippen LogP) is 7.23. The van der Waals surface area contributed by atoms with Gasteiger partial charge in [-0.3, -0.25) is 9.52 Å². The Morgan fingerprint density at radius 1 is 1.10 bits per heavy atom. The van der Waals surface area contributed by atoms with E-state index in [4.69, 9.17) is 19.7 Å². The molecule has 4 aromatic rings. The van der Waals surface area contributed by atoms with Crippen molar-refractivity contribution in [1.29, 1.82) is 0 Å². The summed E-state index contributed by atoms with van der Waals surface area (Å²) in [7, 11) is -6.53. The van der Waals surface area contributed by atoms with Crippen molar-refractivity contribution in [2.45, 2.75) is 77.4 Å². The number of benzene rings is 2. The van der Waals surface area contributed by atoms with Gasteiger partial charge in [-0.25, -0.2) is 17.5 Å². The molecule has 12 nitrogen and oxygen atoms in total. The van der Waals surface area contributed by atoms with Gasteiger partial charge in [0.25, 0.3) is 15.9 Å². The number of alkyl halides is 2. The number of nitrogens with one attached hydrogen (secondary N) is 2. The minimum absolute atomic E-state index is 0.0610. The molecule has 0 aliphatic heterocycles. The fourth-order valence-electron chi connectivity index (χ4n) is 4.50. The van der Waals surface area contributed by atoms with Crippen molar-refractivity contribution in [2.24, 2.45) is 5.73 Å². The van der Waals surface area contributed by atoms with Crippen molar-refractivity contribution < 1.29 is 40.4 Å². The number of halogens is 3. The molecule has 0 aliphatic rings. The largest absolute Gasteiger partial charge is 0.484 e. The van der Waals surface area contributed by atoms with Gasteiger partial charge in [-0.2, -0.15) is 13.9 Å². The highest BCUT2D eigenvalue weighted by Crippen LogP contribution is 2.38. The Hall–Kier alpha value is -4.35. The maximum atomic E-state index is 13.6. The van der Waals surface area contributed by atoms with Gasteiger partial charge in [-0.15, -0.1) is 0 Å². The third-order valence-corrected chi connectivity index (χ3v) is 9.97. The van der Waals surface area contributed by atoms with Crippen molar-refractivity contribution in [3.8, 4) is 17.0 Å². The number of carbonyl (C=O) groups is 1. The number of rotatable bonds is 15. The monoisotopic (exact) mass is 722 g/mol. The molecule has 1 amide bonds. The number of amides is 1. The summed E-state index contributed by atoms with van der Waals surface area (Å²) >= 11 is 0. The first kappa shape index (κ1) is 37.5. The molecule has 0 fully saturated rings. The molecule has 2 aromatic heterocycles. The second-order valence-electron chi connectivity index (χ2n) is 13.7. The Bertz CT molecular complexity index is 1890. The molecule has 4 rings (SSSR count). The summed E-state index contributed by atoms with van der Waals surface area (Å²) in [5.74, 6) is -4.24. The summed E-state index contributed by atoms with van der Waals surface area (Å²) in [6, 6.07) is 11.8. The minimum Gasteiger partial charge on any atom is -0.484 e. The molecule has 0 radical (unpaired) electrons. The lowest BCUT2D eigenvalue weighted by atomic mass is 9.93. The summed E-state index contributed by atoms with van der Waals surface area (Å²) in [6.45, 7) is 14.4. The zero-order valence-corrected chi connectivity index (χ0v) is 30.1. The van der Waals surface area contributed by atoms with Gasteiger partial charge in [0.15, 0.2) is 5.82 Å². The Kier molecular flexibility index (Phi) is 11.2. The van der Waals surface area contributed by atoms with Crippen LogP contribution in [-0.2, 0) is 26.9 Å². The molecule has 1 atom stereocenters. The number of ether oxygens (including phenoxy) is 2. The zero-order valence-electron chi connectivity index (χ0n) is 28.3. The number of hydrogen-bond acceptors (Lipinski definition) is 9. The van der Waals surface area contributed by atoms with Gasteiger partial charge < -0.3 is 25.0 Å². The van der Waals surface area contributed by atoms with Crippen LogP contribution in [0.4, 0.5) is 30.5 Å². The lowest BCUT2D eigenvalue weighted by Gasteiger charge is -2.19. The molecule has 0 aliphatic carbocycles. The summed E-state index contributed by atoms with van der Waals surface area (Å²) in [5, 5.41) is 11.8. The normalized spacial score (nSPS) is 13.0. The predicted molar refractivity (Wildman–Crippen MR) is 183 cm³/mol. The molecular weight excluding hydrogens is 682 g/mol. The van der Waals surface area contributed by atoms with Crippen LogP contribution in [0.25, 0.3) is 11.3 Å². The van der Waals surface area contributed by atoms with Crippen LogP contribution < -0.4 is 20.5 Å². The third-order valence-electron chi connectivity index (χ3n) is 7.29. The molecular formula is C32H41F3N6O6SSi. The first-order valence-corrected chi connectivity index (χ1v) is 20.6. The summed E-state index contributed by atoms with van der Waals surface area (Å²) < 4.78 is 85.3. The lowest BCUT2D eigenvalue weighted by Crippen LogP contribution is -2.22. The maximum Gasteiger partial charge on any atom is 0.355 e. The average molecular weight is 723 g/mol. The quantitative estimate of drug-likeness (QED) is 0.0848. The van der Waals surface area contributed by atoms with E-state index >= 15 is 0 Å². The summed E-state index contributed by atoms with van der Waals surface area (Å²) in [6.07, 6.45) is -0.792. The van der Waals surface area contributed by atoms with E-state index in [0.29, 0.717) is 17.9 Å². The SMILES string of the molecule is C[C@H](Oc1cc(-c2nn(COCC[Si](C)(C)C)c(Nc3cc(C(C)(C)C)on3)c2C(N)=O)ccc1NS(=O)(=O)C(F)F)c1ccc(F)cc1. The minimum atomic E-state index is -5.09. The highest BCUT2D eigenvalue weighted by molar-refractivity contribution is 7.93. The molecule has 0 saturated carbocycles. The Morgan fingerprint density at radius 2 is 1.78 bits per heavy atom. The molecule has 0 saturated heterocycles. The molecule has 2 heterocycles. The van der Waals surface area contributed by atoms with Crippen LogP contribution in [0.15, 0.2) is 53.1 Å². The van der Waals surface area contributed by atoms with Crippen molar-refractivity contribution >= 4 is 41.3 Å². The van der Waals surface area contributed by atoms with Crippen molar-refractivity contribution in [2.75, 3.05) is 16.6 Å². The number of nitrogens with zero attached hydrogens (tertiary/aromatic N) is 3. The maximum absolute atomic E-state index is 13.6. The zero-order chi connectivity index (χ0) is 36.3. The van der Waals surface area contributed by atoms with E-state index in [2.05, 4.69) is 35.2 Å². The third kappa shape index (κ3) is 9.63. The van der Waals surface area contributed by atoms with Crippen LogP contribution in [0.1, 0.15) is 55.5 Å². The fraction of sp³-hybridized carbons (Fsp3) is 0.406. The smallest absolute Gasteiger partial charge is 0.355 e. The lowest BCUT2D eigenvalue weighted by molar-refractivity contribution is 0.0802. The van der Waals surface area contributed by atoms with E-state index in [1.807, 2.05) is 25.5 Å². The number of aromatic nitrogens is 3. The summed E-state index contributed by atoms with van der Waals surface area (Å²) in [5.41, 5.74) is 5.99. The Labute approximate surface area is 284 Å². The van der Waals surface area contributed by atoms with E-state index < -0.39 is 41.7 Å². The standard InChI is InChI=1S/C32H41F3N6O6SSi/c1-19(20-8-11-22(33)12-9-20)46-24-16-21(10-13-23(24)40-48(43,44)31(34)35)28-27(29(36)42)30(37-26-17-25(47-39-26)32(2,3)4)41(38-28)18-45-14-15-49(5,6)7/h8-13,16-17,19,31,40H,14-15,18H2,1-7H3,(H2,36,42)(H,37,39)/t19-/m0/s1. The van der Waals surface area contributed by atoms with Crippen molar-refractivity contribution in [1.82, 2.24) is 14.9 Å². The van der Waals surface area contributed by atoms with Crippen LogP contribution in [0.2, 0.25) is 25.7 Å². The number of sulfonamides is 1. The molecule has 49 heavy (non-hydrogen) atoms. The van der Waals surface area contributed by atoms with Crippen LogP contribution >= 0.6 is 0 Å². The number of hydrogen-bond donors (Lipinski definition) is 3. The molecule has 4 N–H and O–H groups in total. The van der Waals surface area contributed by atoms with Gasteiger partial charge >= 0.3 is 5.76 Å². The molecule has 0 unspecified atom stereocenters. The van der Waals surface area contributed by atoms with Gasteiger partial charge in [0, 0.05) is 31.7 Å². The summed E-state index contributed by atoms with van der Waals surface area (Å²) in [4.78, 5) is 13.1. The van der Waals surface area contributed by atoms with E-state index in [9.17, 15) is 26.4 Å². The Morgan fingerprint density at radius 3 is 2.35 bits per heavy atom.